The number of likely N-dealkylation sites (tertiary alicyclic amines) is 1. The van der Waals surface area contributed by atoms with Crippen molar-refractivity contribution in [1.82, 2.24) is 14.8 Å². The van der Waals surface area contributed by atoms with E-state index < -0.39 is 0 Å². The van der Waals surface area contributed by atoms with Crippen LogP contribution in [0.1, 0.15) is 27.8 Å². The van der Waals surface area contributed by atoms with E-state index in [0.29, 0.717) is 17.5 Å². The fourth-order valence-electron chi connectivity index (χ4n) is 4.33. The van der Waals surface area contributed by atoms with Crippen molar-refractivity contribution >= 4 is 18.3 Å². The number of nitrogens with zero attached hydrogens (tertiary/aromatic N) is 2. The Balaban J connectivity index is 0.00000196. The van der Waals surface area contributed by atoms with Crippen molar-refractivity contribution in [3.05, 3.63) is 69.6 Å². The number of halogens is 1. The Morgan fingerprint density at radius 2 is 1.88 bits per heavy atom. The zero-order valence-corrected chi connectivity index (χ0v) is 15.8. The number of hydrogen-bond acceptors (Lipinski definition) is 3. The van der Waals surface area contributed by atoms with E-state index in [1.165, 1.54) is 11.6 Å². The molecule has 1 N–H and O–H groups in total. The van der Waals surface area contributed by atoms with E-state index in [-0.39, 0.29) is 29.8 Å². The van der Waals surface area contributed by atoms with E-state index in [1.807, 2.05) is 41.6 Å². The highest BCUT2D eigenvalue weighted by Crippen LogP contribution is 2.43. The summed E-state index contributed by atoms with van der Waals surface area (Å²) in [6.45, 7) is 4.47. The number of aryl methyl sites for hydroxylation is 1. The van der Waals surface area contributed by atoms with Gasteiger partial charge in [-0.3, -0.25) is 9.59 Å². The van der Waals surface area contributed by atoms with Crippen LogP contribution in [-0.4, -0.2) is 35.0 Å². The highest BCUT2D eigenvalue weighted by atomic mass is 35.5. The third kappa shape index (κ3) is 3.06. The van der Waals surface area contributed by atoms with Crippen LogP contribution in [0, 0.1) is 18.8 Å². The minimum Gasteiger partial charge on any atom is -0.344 e. The standard InChI is InChI=1S/C20H23N3O2.ClH/c1-13-8-16(24)9-18(22(13)2)20(25)23-12-15-10-21-11-17(15)19(23)14-6-4-3-5-7-14;/h3-9,15,17,19,21H,10-12H2,1-2H3;1H/t15-,17-,19-;/m0./s1. The molecule has 3 atom stereocenters. The maximum Gasteiger partial charge on any atom is 0.271 e. The second-order valence-electron chi connectivity index (χ2n) is 7.17. The minimum absolute atomic E-state index is 0. The number of carbonyl (C=O) groups is 1. The lowest BCUT2D eigenvalue weighted by Gasteiger charge is -2.29. The number of amides is 1. The molecule has 0 saturated carbocycles. The Kier molecular flexibility index (Phi) is 5.21. The normalized spacial score (nSPS) is 24.2. The fraction of sp³-hybridized carbons (Fsp3) is 0.400. The van der Waals surface area contributed by atoms with E-state index in [4.69, 9.17) is 0 Å². The number of benzene rings is 1. The van der Waals surface area contributed by atoms with Gasteiger partial charge in [0, 0.05) is 50.4 Å². The van der Waals surface area contributed by atoms with E-state index in [2.05, 4.69) is 17.4 Å². The molecule has 0 spiro atoms. The average Bonchev–Trinajstić information content (AvgIpc) is 3.19. The number of nitrogens with one attached hydrogen (secondary N) is 1. The Morgan fingerprint density at radius 3 is 2.62 bits per heavy atom. The first-order valence-electron chi connectivity index (χ1n) is 8.80. The molecule has 1 aromatic carbocycles. The molecule has 2 aromatic rings. The molecule has 138 valence electrons. The summed E-state index contributed by atoms with van der Waals surface area (Å²) in [5, 5.41) is 3.46. The van der Waals surface area contributed by atoms with Crippen LogP contribution in [0.4, 0.5) is 0 Å². The van der Waals surface area contributed by atoms with E-state index in [1.54, 1.807) is 6.07 Å². The Labute approximate surface area is 159 Å². The fourth-order valence-corrected chi connectivity index (χ4v) is 4.33. The van der Waals surface area contributed by atoms with Crippen LogP contribution in [-0.2, 0) is 7.05 Å². The van der Waals surface area contributed by atoms with Gasteiger partial charge in [-0.25, -0.2) is 0 Å². The van der Waals surface area contributed by atoms with E-state index in [9.17, 15) is 9.59 Å². The Bertz CT molecular complexity index is 865. The molecule has 2 aliphatic rings. The van der Waals surface area contributed by atoms with Crippen molar-refractivity contribution < 1.29 is 4.79 Å². The lowest BCUT2D eigenvalue weighted by Crippen LogP contribution is -2.36. The Morgan fingerprint density at radius 1 is 1.15 bits per heavy atom. The molecule has 2 fully saturated rings. The van der Waals surface area contributed by atoms with Crippen LogP contribution >= 0.6 is 12.4 Å². The van der Waals surface area contributed by atoms with Gasteiger partial charge in [-0.2, -0.15) is 0 Å². The predicted molar refractivity (Wildman–Crippen MR) is 104 cm³/mol. The lowest BCUT2D eigenvalue weighted by molar-refractivity contribution is 0.0703. The third-order valence-electron chi connectivity index (χ3n) is 5.71. The molecule has 5 nitrogen and oxygen atoms in total. The van der Waals surface area contributed by atoms with Gasteiger partial charge in [-0.1, -0.05) is 30.3 Å². The van der Waals surface area contributed by atoms with Gasteiger partial charge in [0.25, 0.3) is 5.91 Å². The monoisotopic (exact) mass is 373 g/mol. The molecular formula is C20H24ClN3O2. The molecular weight excluding hydrogens is 350 g/mol. The summed E-state index contributed by atoms with van der Waals surface area (Å²) in [4.78, 5) is 27.2. The number of pyridine rings is 1. The second kappa shape index (κ2) is 7.25. The maximum absolute atomic E-state index is 13.3. The predicted octanol–water partition coefficient (Wildman–Crippen LogP) is 2.15. The molecule has 4 rings (SSSR count). The topological polar surface area (TPSA) is 54.3 Å². The number of hydrogen-bond donors (Lipinski definition) is 1. The second-order valence-corrected chi connectivity index (χ2v) is 7.17. The number of rotatable bonds is 2. The van der Waals surface area contributed by atoms with Crippen LogP contribution in [0.25, 0.3) is 0 Å². The minimum atomic E-state index is -0.115. The van der Waals surface area contributed by atoms with E-state index >= 15 is 0 Å². The maximum atomic E-state index is 13.3. The average molecular weight is 374 g/mol. The summed E-state index contributed by atoms with van der Waals surface area (Å²) in [6, 6.07) is 13.3. The van der Waals surface area contributed by atoms with Gasteiger partial charge in [0.1, 0.15) is 5.69 Å². The van der Waals surface area contributed by atoms with Crippen molar-refractivity contribution in [3.63, 3.8) is 0 Å². The van der Waals surface area contributed by atoms with Gasteiger partial charge >= 0.3 is 0 Å². The molecule has 2 saturated heterocycles. The van der Waals surface area contributed by atoms with Crippen molar-refractivity contribution in [1.29, 1.82) is 0 Å². The van der Waals surface area contributed by atoms with Crippen molar-refractivity contribution in [3.8, 4) is 0 Å². The highest BCUT2D eigenvalue weighted by molar-refractivity contribution is 5.93. The Hall–Kier alpha value is -2.11. The zero-order chi connectivity index (χ0) is 17.6. The largest absolute Gasteiger partial charge is 0.344 e. The molecule has 0 aliphatic carbocycles. The van der Waals surface area contributed by atoms with Gasteiger partial charge in [-0.15, -0.1) is 12.4 Å². The summed E-state index contributed by atoms with van der Waals surface area (Å²) in [6.07, 6.45) is 0. The summed E-state index contributed by atoms with van der Waals surface area (Å²) in [7, 11) is 1.85. The smallest absolute Gasteiger partial charge is 0.271 e. The number of aromatic nitrogens is 1. The first-order chi connectivity index (χ1) is 12.1. The first kappa shape index (κ1) is 18.7. The lowest BCUT2D eigenvalue weighted by atomic mass is 9.89. The van der Waals surface area contributed by atoms with Gasteiger partial charge in [0.05, 0.1) is 6.04 Å². The summed E-state index contributed by atoms with van der Waals surface area (Å²) in [5.74, 6) is 0.843. The molecule has 26 heavy (non-hydrogen) atoms. The SMILES string of the molecule is Cc1cc(=O)cc(C(=O)N2C[C@@H]3CNC[C@@H]3[C@@H]2c2ccccc2)n1C.Cl. The summed E-state index contributed by atoms with van der Waals surface area (Å²) < 4.78 is 1.82. The highest BCUT2D eigenvalue weighted by Gasteiger charge is 2.47. The van der Waals surface area contributed by atoms with Crippen molar-refractivity contribution in [2.75, 3.05) is 19.6 Å². The summed E-state index contributed by atoms with van der Waals surface area (Å²) in [5.41, 5.74) is 2.33. The molecule has 0 bridgehead atoms. The molecule has 2 aliphatic heterocycles. The molecule has 0 radical (unpaired) electrons. The molecule has 0 unspecified atom stereocenters. The van der Waals surface area contributed by atoms with Gasteiger partial charge in [-0.05, 0) is 18.4 Å². The van der Waals surface area contributed by atoms with Gasteiger partial charge in [0.2, 0.25) is 0 Å². The van der Waals surface area contributed by atoms with Gasteiger partial charge in [0.15, 0.2) is 5.43 Å². The van der Waals surface area contributed by atoms with Crippen LogP contribution in [0.2, 0.25) is 0 Å². The van der Waals surface area contributed by atoms with Crippen LogP contribution in [0.3, 0.4) is 0 Å². The van der Waals surface area contributed by atoms with Crippen molar-refractivity contribution in [2.45, 2.75) is 13.0 Å². The van der Waals surface area contributed by atoms with E-state index in [0.717, 1.165) is 25.3 Å². The quantitative estimate of drug-likeness (QED) is 0.877. The molecule has 6 heteroatoms. The van der Waals surface area contributed by atoms with Gasteiger partial charge < -0.3 is 14.8 Å². The molecule has 1 aromatic heterocycles. The first-order valence-corrected chi connectivity index (χ1v) is 8.80. The summed E-state index contributed by atoms with van der Waals surface area (Å²) >= 11 is 0. The third-order valence-corrected chi connectivity index (χ3v) is 5.71. The van der Waals surface area contributed by atoms with Crippen LogP contribution in [0.5, 0.6) is 0 Å². The number of fused-ring (bicyclic) bond motifs is 1. The zero-order valence-electron chi connectivity index (χ0n) is 15.0. The number of carbonyl (C=O) groups excluding carboxylic acids is 1. The van der Waals surface area contributed by atoms with Crippen molar-refractivity contribution in [2.24, 2.45) is 18.9 Å². The molecule has 1 amide bonds. The van der Waals surface area contributed by atoms with Crippen LogP contribution < -0.4 is 10.7 Å². The van der Waals surface area contributed by atoms with Crippen LogP contribution in [0.15, 0.2) is 47.3 Å². The molecule has 3 heterocycles.